The predicted molar refractivity (Wildman–Crippen MR) is 63.0 cm³/mol. The number of rotatable bonds is 3. The number of amidine groups is 1. The van der Waals surface area contributed by atoms with E-state index in [0.29, 0.717) is 32.8 Å². The summed E-state index contributed by atoms with van der Waals surface area (Å²) in [5, 5.41) is 11.5. The van der Waals surface area contributed by atoms with Gasteiger partial charge in [0.15, 0.2) is 5.84 Å². The number of urea groups is 1. The number of hydrogen-bond donors (Lipinski definition) is 2. The van der Waals surface area contributed by atoms with Crippen LogP contribution in [0.1, 0.15) is 13.8 Å². The number of amides is 2. The van der Waals surface area contributed by atoms with Gasteiger partial charge in [-0.2, -0.15) is 0 Å². The zero-order valence-electron chi connectivity index (χ0n) is 10.3. The highest BCUT2D eigenvalue weighted by atomic mass is 16.5. The largest absolute Gasteiger partial charge is 0.409 e. The van der Waals surface area contributed by atoms with Crippen LogP contribution in [0.25, 0.3) is 0 Å². The minimum Gasteiger partial charge on any atom is -0.409 e. The molecule has 0 aromatic heterocycles. The molecule has 98 valence electrons. The molecule has 2 amide bonds. The molecule has 0 bridgehead atoms. The standard InChI is InChI=1S/C10H20N4O3/c1-3-13(4-2)10(15)14-5-6-17-8(7-14)9(11)12-16/h8,16H,3-7H2,1-2H3,(H2,11,12). The highest BCUT2D eigenvalue weighted by Crippen LogP contribution is 2.08. The Morgan fingerprint density at radius 3 is 2.76 bits per heavy atom. The van der Waals surface area contributed by atoms with E-state index in [1.165, 1.54) is 0 Å². The van der Waals surface area contributed by atoms with Crippen LogP contribution in [-0.2, 0) is 4.74 Å². The van der Waals surface area contributed by atoms with E-state index in [4.69, 9.17) is 15.7 Å². The summed E-state index contributed by atoms with van der Waals surface area (Å²) in [6.45, 7) is 6.46. The Labute approximate surface area is 101 Å². The second kappa shape index (κ2) is 6.29. The van der Waals surface area contributed by atoms with Crippen LogP contribution in [-0.4, -0.2) is 65.8 Å². The number of hydrogen-bond acceptors (Lipinski definition) is 4. The van der Waals surface area contributed by atoms with Gasteiger partial charge in [0.05, 0.1) is 13.2 Å². The molecule has 1 unspecified atom stereocenters. The molecule has 1 atom stereocenters. The Kier molecular flexibility index (Phi) is 5.02. The summed E-state index contributed by atoms with van der Waals surface area (Å²) in [5.74, 6) is 0.00190. The Morgan fingerprint density at radius 1 is 1.59 bits per heavy atom. The van der Waals surface area contributed by atoms with Crippen molar-refractivity contribution in [2.45, 2.75) is 20.0 Å². The van der Waals surface area contributed by atoms with Crippen molar-refractivity contribution < 1.29 is 14.7 Å². The van der Waals surface area contributed by atoms with E-state index in [-0.39, 0.29) is 11.9 Å². The summed E-state index contributed by atoms with van der Waals surface area (Å²) in [6, 6.07) is -0.0333. The van der Waals surface area contributed by atoms with Gasteiger partial charge in [0.25, 0.3) is 0 Å². The molecule has 0 spiro atoms. The normalized spacial score (nSPS) is 21.4. The molecule has 0 aliphatic carbocycles. The van der Waals surface area contributed by atoms with E-state index in [1.807, 2.05) is 13.8 Å². The van der Waals surface area contributed by atoms with Crippen LogP contribution >= 0.6 is 0 Å². The van der Waals surface area contributed by atoms with E-state index in [2.05, 4.69) is 5.16 Å². The summed E-state index contributed by atoms with van der Waals surface area (Å²) >= 11 is 0. The van der Waals surface area contributed by atoms with Crippen molar-refractivity contribution >= 4 is 11.9 Å². The topological polar surface area (TPSA) is 91.4 Å². The monoisotopic (exact) mass is 244 g/mol. The third kappa shape index (κ3) is 3.23. The maximum absolute atomic E-state index is 12.1. The van der Waals surface area contributed by atoms with Crippen molar-refractivity contribution in [3.8, 4) is 0 Å². The second-order valence-electron chi connectivity index (χ2n) is 3.79. The lowest BCUT2D eigenvalue weighted by molar-refractivity contribution is 0.0133. The van der Waals surface area contributed by atoms with Crippen molar-refractivity contribution in [2.24, 2.45) is 10.9 Å². The summed E-state index contributed by atoms with van der Waals surface area (Å²) in [6.07, 6.45) is -0.520. The first-order valence-electron chi connectivity index (χ1n) is 5.76. The third-order valence-electron chi connectivity index (χ3n) is 2.82. The van der Waals surface area contributed by atoms with E-state index in [1.54, 1.807) is 9.80 Å². The lowest BCUT2D eigenvalue weighted by Crippen LogP contribution is -2.54. The first-order valence-corrected chi connectivity index (χ1v) is 5.76. The van der Waals surface area contributed by atoms with Crippen molar-refractivity contribution in [3.05, 3.63) is 0 Å². The van der Waals surface area contributed by atoms with Crippen LogP contribution in [0.5, 0.6) is 0 Å². The fourth-order valence-electron chi connectivity index (χ4n) is 1.76. The second-order valence-corrected chi connectivity index (χ2v) is 3.79. The number of ether oxygens (including phenoxy) is 1. The molecule has 1 aliphatic heterocycles. The molecule has 1 rings (SSSR count). The zero-order chi connectivity index (χ0) is 12.8. The number of carbonyl (C=O) groups excluding carboxylic acids is 1. The summed E-state index contributed by atoms with van der Waals surface area (Å²) < 4.78 is 5.33. The van der Waals surface area contributed by atoms with Crippen LogP contribution < -0.4 is 5.73 Å². The molecule has 1 fully saturated rings. The highest BCUT2D eigenvalue weighted by Gasteiger charge is 2.28. The molecule has 17 heavy (non-hydrogen) atoms. The summed E-state index contributed by atoms with van der Waals surface area (Å²) in [7, 11) is 0. The maximum Gasteiger partial charge on any atom is 0.320 e. The van der Waals surface area contributed by atoms with Gasteiger partial charge >= 0.3 is 6.03 Å². The Bertz CT molecular complexity index is 291. The molecule has 0 saturated carbocycles. The molecular weight excluding hydrogens is 224 g/mol. The van der Waals surface area contributed by atoms with Crippen LogP contribution in [0.4, 0.5) is 4.79 Å². The smallest absolute Gasteiger partial charge is 0.320 e. The number of oxime groups is 1. The number of morpholine rings is 1. The minimum atomic E-state index is -0.520. The van der Waals surface area contributed by atoms with Gasteiger partial charge in [-0.15, -0.1) is 0 Å². The molecule has 3 N–H and O–H groups in total. The van der Waals surface area contributed by atoms with Gasteiger partial charge in [-0.3, -0.25) is 0 Å². The average Bonchev–Trinajstić information content (AvgIpc) is 2.39. The molecule has 7 nitrogen and oxygen atoms in total. The fraction of sp³-hybridized carbons (Fsp3) is 0.800. The van der Waals surface area contributed by atoms with Gasteiger partial charge in [-0.25, -0.2) is 4.79 Å². The molecule has 7 heteroatoms. The van der Waals surface area contributed by atoms with E-state index in [9.17, 15) is 4.79 Å². The number of nitrogens with zero attached hydrogens (tertiary/aromatic N) is 3. The number of nitrogens with two attached hydrogens (primary N) is 1. The fourth-order valence-corrected chi connectivity index (χ4v) is 1.76. The highest BCUT2D eigenvalue weighted by molar-refractivity contribution is 5.85. The Morgan fingerprint density at radius 2 is 2.24 bits per heavy atom. The van der Waals surface area contributed by atoms with Gasteiger partial charge < -0.3 is 25.5 Å². The molecule has 0 radical (unpaired) electrons. The van der Waals surface area contributed by atoms with Gasteiger partial charge in [0.1, 0.15) is 6.10 Å². The Balaban J connectivity index is 2.63. The van der Waals surface area contributed by atoms with E-state index >= 15 is 0 Å². The maximum atomic E-state index is 12.1. The zero-order valence-corrected chi connectivity index (χ0v) is 10.3. The molecule has 1 saturated heterocycles. The predicted octanol–water partition coefficient (Wildman–Crippen LogP) is -0.105. The van der Waals surface area contributed by atoms with Gasteiger partial charge in [0.2, 0.25) is 0 Å². The van der Waals surface area contributed by atoms with Crippen LogP contribution in [0.15, 0.2) is 5.16 Å². The Hall–Kier alpha value is -1.50. The quantitative estimate of drug-likeness (QED) is 0.314. The number of carbonyl (C=O) groups is 1. The molecular formula is C10H20N4O3. The first kappa shape index (κ1) is 13.6. The lowest BCUT2D eigenvalue weighted by atomic mass is 10.2. The van der Waals surface area contributed by atoms with Crippen molar-refractivity contribution in [2.75, 3.05) is 32.8 Å². The van der Waals surface area contributed by atoms with Crippen molar-refractivity contribution in [1.29, 1.82) is 0 Å². The van der Waals surface area contributed by atoms with Crippen molar-refractivity contribution in [1.82, 2.24) is 9.80 Å². The van der Waals surface area contributed by atoms with Gasteiger partial charge in [0, 0.05) is 19.6 Å². The van der Waals surface area contributed by atoms with Gasteiger partial charge in [-0.05, 0) is 13.8 Å². The average molecular weight is 244 g/mol. The van der Waals surface area contributed by atoms with Crippen molar-refractivity contribution in [3.63, 3.8) is 0 Å². The first-order chi connectivity index (χ1) is 8.13. The summed E-state index contributed by atoms with van der Waals surface area (Å²) in [5.41, 5.74) is 5.47. The van der Waals surface area contributed by atoms with Crippen LogP contribution in [0.2, 0.25) is 0 Å². The summed E-state index contributed by atoms with van der Waals surface area (Å²) in [4.78, 5) is 15.5. The van der Waals surface area contributed by atoms with E-state index in [0.717, 1.165) is 0 Å². The van der Waals surface area contributed by atoms with Crippen LogP contribution in [0.3, 0.4) is 0 Å². The molecule has 1 heterocycles. The molecule has 0 aromatic rings. The SMILES string of the molecule is CCN(CC)C(=O)N1CCOC(C(N)=NO)C1. The van der Waals surface area contributed by atoms with Crippen LogP contribution in [0, 0.1) is 0 Å². The third-order valence-corrected chi connectivity index (χ3v) is 2.82. The van der Waals surface area contributed by atoms with Gasteiger partial charge in [-0.1, -0.05) is 5.16 Å². The molecule has 0 aromatic carbocycles. The lowest BCUT2D eigenvalue weighted by Gasteiger charge is -2.35. The van der Waals surface area contributed by atoms with E-state index < -0.39 is 6.10 Å². The minimum absolute atomic E-state index is 0.00190. The molecule has 1 aliphatic rings.